The first-order chi connectivity index (χ1) is 9.83. The molecule has 2 aromatic carbocycles. The van der Waals surface area contributed by atoms with Gasteiger partial charge in [-0.15, -0.1) is 10.2 Å². The van der Waals surface area contributed by atoms with Crippen molar-refractivity contribution in [3.63, 3.8) is 0 Å². The molecule has 0 bridgehead atoms. The van der Waals surface area contributed by atoms with Gasteiger partial charge in [0.15, 0.2) is 0 Å². The van der Waals surface area contributed by atoms with Gasteiger partial charge in [-0.3, -0.25) is 4.57 Å². The Morgan fingerprint density at radius 3 is 2.60 bits per heavy atom. The molecule has 0 radical (unpaired) electrons. The van der Waals surface area contributed by atoms with E-state index in [2.05, 4.69) is 58.1 Å². The molecule has 20 heavy (non-hydrogen) atoms. The van der Waals surface area contributed by atoms with Crippen LogP contribution in [-0.4, -0.2) is 14.8 Å². The van der Waals surface area contributed by atoms with E-state index in [9.17, 15) is 0 Å². The molecule has 3 rings (SSSR count). The minimum atomic E-state index is 0.887. The number of benzene rings is 2. The van der Waals surface area contributed by atoms with E-state index in [1.54, 1.807) is 6.33 Å². The number of hydrogen-bond acceptors (Lipinski definition) is 2. The van der Waals surface area contributed by atoms with Crippen molar-refractivity contribution in [2.45, 2.75) is 19.8 Å². The molecule has 1 heterocycles. The van der Waals surface area contributed by atoms with E-state index in [-0.39, 0.29) is 0 Å². The zero-order valence-electron chi connectivity index (χ0n) is 11.5. The molecule has 3 nitrogen and oxygen atoms in total. The Morgan fingerprint density at radius 2 is 1.80 bits per heavy atom. The summed E-state index contributed by atoms with van der Waals surface area (Å²) in [6.07, 6.45) is 3.65. The molecular weight excluding hydrogens is 246 g/mol. The lowest BCUT2D eigenvalue weighted by molar-refractivity contribution is 0.821. The molecular formula is C17H17N3. The van der Waals surface area contributed by atoms with Crippen LogP contribution in [0, 0.1) is 6.92 Å². The Morgan fingerprint density at radius 1 is 0.950 bits per heavy atom. The summed E-state index contributed by atoms with van der Waals surface area (Å²) in [5.41, 5.74) is 3.75. The van der Waals surface area contributed by atoms with Crippen molar-refractivity contribution in [3.8, 4) is 5.69 Å². The van der Waals surface area contributed by atoms with E-state index in [0.29, 0.717) is 0 Å². The summed E-state index contributed by atoms with van der Waals surface area (Å²) in [6, 6.07) is 18.8. The van der Waals surface area contributed by atoms with Gasteiger partial charge in [-0.2, -0.15) is 0 Å². The van der Waals surface area contributed by atoms with Gasteiger partial charge in [0.2, 0.25) is 0 Å². The Kier molecular flexibility index (Phi) is 3.59. The predicted octanol–water partition coefficient (Wildman–Crippen LogP) is 3.36. The van der Waals surface area contributed by atoms with Gasteiger partial charge in [0, 0.05) is 12.1 Å². The summed E-state index contributed by atoms with van der Waals surface area (Å²) < 4.78 is 2.05. The van der Waals surface area contributed by atoms with Crippen LogP contribution in [0.2, 0.25) is 0 Å². The van der Waals surface area contributed by atoms with Crippen molar-refractivity contribution in [2.75, 3.05) is 0 Å². The molecule has 0 aliphatic rings. The summed E-state index contributed by atoms with van der Waals surface area (Å²) in [6.45, 7) is 2.12. The highest BCUT2D eigenvalue weighted by molar-refractivity contribution is 5.32. The van der Waals surface area contributed by atoms with Crippen LogP contribution in [-0.2, 0) is 12.8 Å². The summed E-state index contributed by atoms with van der Waals surface area (Å²) in [7, 11) is 0. The van der Waals surface area contributed by atoms with Crippen LogP contribution in [0.4, 0.5) is 0 Å². The van der Waals surface area contributed by atoms with Gasteiger partial charge in [-0.05, 0) is 31.0 Å². The third-order valence-corrected chi connectivity index (χ3v) is 3.37. The van der Waals surface area contributed by atoms with Gasteiger partial charge < -0.3 is 0 Å². The second-order valence-electron chi connectivity index (χ2n) is 4.94. The molecule has 0 spiro atoms. The van der Waals surface area contributed by atoms with Crippen LogP contribution in [0.25, 0.3) is 5.69 Å². The maximum absolute atomic E-state index is 4.24. The van der Waals surface area contributed by atoms with Crippen molar-refractivity contribution in [2.24, 2.45) is 0 Å². The number of nitrogens with zero attached hydrogens (tertiary/aromatic N) is 3. The van der Waals surface area contributed by atoms with Crippen LogP contribution in [0.15, 0.2) is 60.9 Å². The molecule has 1 aromatic heterocycles. The lowest BCUT2D eigenvalue weighted by atomic mass is 10.1. The van der Waals surface area contributed by atoms with E-state index in [1.807, 2.05) is 18.2 Å². The molecule has 100 valence electrons. The molecule has 0 amide bonds. The van der Waals surface area contributed by atoms with E-state index >= 15 is 0 Å². The average Bonchev–Trinajstić information content (AvgIpc) is 2.95. The van der Waals surface area contributed by atoms with Crippen molar-refractivity contribution >= 4 is 0 Å². The minimum absolute atomic E-state index is 0.887. The van der Waals surface area contributed by atoms with Crippen LogP contribution < -0.4 is 0 Å². The number of aromatic nitrogens is 3. The van der Waals surface area contributed by atoms with E-state index in [0.717, 1.165) is 24.4 Å². The zero-order chi connectivity index (χ0) is 13.8. The third-order valence-electron chi connectivity index (χ3n) is 3.37. The molecule has 0 aliphatic carbocycles. The largest absolute Gasteiger partial charge is 0.286 e. The molecule has 0 N–H and O–H groups in total. The van der Waals surface area contributed by atoms with E-state index in [1.165, 1.54) is 11.1 Å². The molecule has 0 aliphatic heterocycles. The summed E-state index contributed by atoms with van der Waals surface area (Å²) in [4.78, 5) is 0. The molecule has 3 heteroatoms. The summed E-state index contributed by atoms with van der Waals surface area (Å²) >= 11 is 0. The number of rotatable bonds is 4. The minimum Gasteiger partial charge on any atom is -0.286 e. The fourth-order valence-corrected chi connectivity index (χ4v) is 2.36. The lowest BCUT2D eigenvalue weighted by Gasteiger charge is -2.06. The summed E-state index contributed by atoms with van der Waals surface area (Å²) in [5, 5.41) is 8.28. The van der Waals surface area contributed by atoms with Crippen molar-refractivity contribution < 1.29 is 0 Å². The van der Waals surface area contributed by atoms with Gasteiger partial charge in [0.05, 0.1) is 0 Å². The third kappa shape index (κ3) is 2.77. The van der Waals surface area contributed by atoms with Crippen molar-refractivity contribution in [1.29, 1.82) is 0 Å². The quantitative estimate of drug-likeness (QED) is 0.722. The first-order valence-electron chi connectivity index (χ1n) is 6.83. The van der Waals surface area contributed by atoms with Gasteiger partial charge >= 0.3 is 0 Å². The fourth-order valence-electron chi connectivity index (χ4n) is 2.36. The van der Waals surface area contributed by atoms with E-state index < -0.39 is 0 Å². The SMILES string of the molecule is Cc1cccc(CCc2nncn2-c2ccccc2)c1. The average molecular weight is 263 g/mol. The van der Waals surface area contributed by atoms with Crippen LogP contribution in [0.3, 0.4) is 0 Å². The Hall–Kier alpha value is -2.42. The second-order valence-corrected chi connectivity index (χ2v) is 4.94. The highest BCUT2D eigenvalue weighted by Crippen LogP contribution is 2.12. The normalized spacial score (nSPS) is 10.7. The standard InChI is InChI=1S/C17H17N3/c1-14-6-5-7-15(12-14)10-11-17-19-18-13-20(17)16-8-3-2-4-9-16/h2-9,12-13H,10-11H2,1H3. The maximum atomic E-state index is 4.24. The van der Waals surface area contributed by atoms with Gasteiger partial charge in [0.1, 0.15) is 12.2 Å². The highest BCUT2D eigenvalue weighted by Gasteiger charge is 2.06. The molecule has 0 atom stereocenters. The Balaban J connectivity index is 1.78. The topological polar surface area (TPSA) is 30.7 Å². The number of hydrogen-bond donors (Lipinski definition) is 0. The monoisotopic (exact) mass is 263 g/mol. The Bertz CT molecular complexity index is 686. The molecule has 3 aromatic rings. The number of aryl methyl sites for hydroxylation is 3. The predicted molar refractivity (Wildman–Crippen MR) is 79.9 cm³/mol. The lowest BCUT2D eigenvalue weighted by Crippen LogP contribution is -2.02. The number of para-hydroxylation sites is 1. The Labute approximate surface area is 118 Å². The smallest absolute Gasteiger partial charge is 0.137 e. The molecule has 0 fully saturated rings. The highest BCUT2D eigenvalue weighted by atomic mass is 15.3. The maximum Gasteiger partial charge on any atom is 0.137 e. The molecule has 0 unspecified atom stereocenters. The second kappa shape index (κ2) is 5.70. The van der Waals surface area contributed by atoms with Gasteiger partial charge in [0.25, 0.3) is 0 Å². The summed E-state index contributed by atoms with van der Waals surface area (Å²) in [5.74, 6) is 0.998. The van der Waals surface area contributed by atoms with Crippen LogP contribution in [0.1, 0.15) is 17.0 Å². The van der Waals surface area contributed by atoms with Crippen molar-refractivity contribution in [1.82, 2.24) is 14.8 Å². The van der Waals surface area contributed by atoms with Crippen LogP contribution in [0.5, 0.6) is 0 Å². The molecule has 0 saturated carbocycles. The van der Waals surface area contributed by atoms with E-state index in [4.69, 9.17) is 0 Å². The van der Waals surface area contributed by atoms with Crippen molar-refractivity contribution in [3.05, 3.63) is 77.9 Å². The first-order valence-corrected chi connectivity index (χ1v) is 6.83. The zero-order valence-corrected chi connectivity index (χ0v) is 11.5. The van der Waals surface area contributed by atoms with Gasteiger partial charge in [-0.1, -0.05) is 48.0 Å². The fraction of sp³-hybridized carbons (Fsp3) is 0.176. The van der Waals surface area contributed by atoms with Crippen LogP contribution >= 0.6 is 0 Å². The van der Waals surface area contributed by atoms with Gasteiger partial charge in [-0.25, -0.2) is 0 Å². The molecule has 0 saturated heterocycles. The first kappa shape index (κ1) is 12.6.